The summed E-state index contributed by atoms with van der Waals surface area (Å²) in [6.07, 6.45) is 4.53. The molecule has 2 fully saturated rings. The summed E-state index contributed by atoms with van der Waals surface area (Å²) < 4.78 is 27.0. The average molecular weight is 304 g/mol. The van der Waals surface area contributed by atoms with Gasteiger partial charge < -0.3 is 15.8 Å². The van der Waals surface area contributed by atoms with Crippen molar-refractivity contribution < 1.29 is 17.9 Å². The number of carbonyl (C=O) groups excluding carboxylic acids is 1. The molecule has 2 aliphatic rings. The number of hydrogen-bond donors (Lipinski definition) is 2. The van der Waals surface area contributed by atoms with E-state index in [0.29, 0.717) is 25.0 Å². The van der Waals surface area contributed by atoms with Crippen LogP contribution < -0.4 is 11.1 Å². The first-order chi connectivity index (χ1) is 9.38. The summed E-state index contributed by atoms with van der Waals surface area (Å²) in [7, 11) is -2.98. The Labute approximate surface area is 120 Å². The maximum Gasteiger partial charge on any atom is 0.225 e. The van der Waals surface area contributed by atoms with Crippen molar-refractivity contribution in [3.63, 3.8) is 0 Å². The van der Waals surface area contributed by atoms with Gasteiger partial charge in [0.1, 0.15) is 9.84 Å². The third-order valence-electron chi connectivity index (χ3n) is 4.43. The van der Waals surface area contributed by atoms with Gasteiger partial charge in [-0.1, -0.05) is 0 Å². The van der Waals surface area contributed by atoms with Gasteiger partial charge >= 0.3 is 0 Å². The van der Waals surface area contributed by atoms with Gasteiger partial charge in [-0.2, -0.15) is 0 Å². The van der Waals surface area contributed by atoms with Gasteiger partial charge in [-0.3, -0.25) is 4.79 Å². The second kappa shape index (κ2) is 6.41. The number of nitrogens with one attached hydrogen (secondary N) is 1. The number of hydrogen-bond acceptors (Lipinski definition) is 5. The normalized spacial score (nSPS) is 32.5. The molecule has 0 aromatic heterocycles. The minimum absolute atomic E-state index is 0.0000901. The van der Waals surface area contributed by atoms with Crippen molar-refractivity contribution in [1.82, 2.24) is 5.32 Å². The maximum absolute atomic E-state index is 12.1. The van der Waals surface area contributed by atoms with E-state index >= 15 is 0 Å². The number of carbonyl (C=O) groups is 1. The SMILES string of the molecule is CS(=O)(=O)CCOCCNC(=O)C1C2CCC(C2)C1N. The lowest BCUT2D eigenvalue weighted by atomic mass is 9.84. The number of sulfone groups is 1. The molecule has 1 amide bonds. The Kier molecular flexibility index (Phi) is 5.04. The highest BCUT2D eigenvalue weighted by Crippen LogP contribution is 2.47. The lowest BCUT2D eigenvalue weighted by Crippen LogP contribution is -2.46. The van der Waals surface area contributed by atoms with Crippen LogP contribution in [0.1, 0.15) is 19.3 Å². The monoisotopic (exact) mass is 304 g/mol. The molecule has 7 heteroatoms. The van der Waals surface area contributed by atoms with Crippen molar-refractivity contribution in [1.29, 1.82) is 0 Å². The van der Waals surface area contributed by atoms with E-state index in [9.17, 15) is 13.2 Å². The van der Waals surface area contributed by atoms with Crippen molar-refractivity contribution in [3.8, 4) is 0 Å². The van der Waals surface area contributed by atoms with E-state index in [2.05, 4.69) is 5.32 Å². The molecule has 4 atom stereocenters. The number of rotatable bonds is 7. The molecule has 4 unspecified atom stereocenters. The van der Waals surface area contributed by atoms with Gasteiger partial charge in [0.25, 0.3) is 0 Å². The number of ether oxygens (including phenoxy) is 1. The molecule has 0 heterocycles. The molecule has 0 aromatic carbocycles. The van der Waals surface area contributed by atoms with Crippen LogP contribution in [0.4, 0.5) is 0 Å². The molecule has 2 bridgehead atoms. The highest BCUT2D eigenvalue weighted by molar-refractivity contribution is 7.90. The van der Waals surface area contributed by atoms with Crippen molar-refractivity contribution in [2.24, 2.45) is 23.5 Å². The van der Waals surface area contributed by atoms with Crippen LogP contribution in [0.5, 0.6) is 0 Å². The van der Waals surface area contributed by atoms with Gasteiger partial charge in [0.15, 0.2) is 0 Å². The molecule has 0 radical (unpaired) electrons. The lowest BCUT2D eigenvalue weighted by molar-refractivity contribution is -0.127. The van der Waals surface area contributed by atoms with Crippen LogP contribution >= 0.6 is 0 Å². The Morgan fingerprint density at radius 3 is 2.60 bits per heavy atom. The summed E-state index contributed by atoms with van der Waals surface area (Å²) in [5.41, 5.74) is 6.11. The van der Waals surface area contributed by atoms with Crippen LogP contribution in [0.15, 0.2) is 0 Å². The summed E-state index contributed by atoms with van der Waals surface area (Å²) >= 11 is 0. The summed E-state index contributed by atoms with van der Waals surface area (Å²) in [5, 5.41) is 2.84. The molecular weight excluding hydrogens is 280 g/mol. The summed E-state index contributed by atoms with van der Waals surface area (Å²) in [5.74, 6) is 0.946. The van der Waals surface area contributed by atoms with E-state index in [1.165, 1.54) is 6.26 Å². The number of amides is 1. The van der Waals surface area contributed by atoms with Gasteiger partial charge in [0.2, 0.25) is 5.91 Å². The topological polar surface area (TPSA) is 98.5 Å². The Morgan fingerprint density at radius 2 is 2.00 bits per heavy atom. The van der Waals surface area contributed by atoms with Crippen molar-refractivity contribution in [3.05, 3.63) is 0 Å². The second-order valence-corrected chi connectivity index (χ2v) is 8.23. The van der Waals surface area contributed by atoms with E-state index in [1.807, 2.05) is 0 Å². The molecule has 2 aliphatic carbocycles. The quantitative estimate of drug-likeness (QED) is 0.620. The van der Waals surface area contributed by atoms with Crippen LogP contribution in [0, 0.1) is 17.8 Å². The highest BCUT2D eigenvalue weighted by atomic mass is 32.2. The predicted molar refractivity (Wildman–Crippen MR) is 75.8 cm³/mol. The summed E-state index contributed by atoms with van der Waals surface area (Å²) in [4.78, 5) is 12.1. The first kappa shape index (κ1) is 15.7. The Bertz CT molecular complexity index is 449. The Morgan fingerprint density at radius 1 is 1.30 bits per heavy atom. The Balaban J connectivity index is 1.61. The highest BCUT2D eigenvalue weighted by Gasteiger charge is 2.48. The molecule has 0 aromatic rings. The van der Waals surface area contributed by atoms with Crippen LogP contribution in [-0.4, -0.2) is 52.1 Å². The Hall–Kier alpha value is -0.660. The van der Waals surface area contributed by atoms with Gasteiger partial charge in [0, 0.05) is 18.8 Å². The lowest BCUT2D eigenvalue weighted by Gasteiger charge is -2.26. The van der Waals surface area contributed by atoms with Crippen LogP contribution in [0.3, 0.4) is 0 Å². The number of nitrogens with two attached hydrogens (primary N) is 1. The average Bonchev–Trinajstić information content (AvgIpc) is 2.92. The first-order valence-electron chi connectivity index (χ1n) is 7.17. The molecule has 3 N–H and O–H groups in total. The van der Waals surface area contributed by atoms with Crippen molar-refractivity contribution in [2.45, 2.75) is 25.3 Å². The molecule has 2 rings (SSSR count). The summed E-state index contributed by atoms with van der Waals surface area (Å²) in [6, 6.07) is -0.0000901. The zero-order valence-corrected chi connectivity index (χ0v) is 12.7. The fourth-order valence-electron chi connectivity index (χ4n) is 3.40. The van der Waals surface area contributed by atoms with Gasteiger partial charge in [0.05, 0.1) is 24.9 Å². The molecular formula is C13H24N2O4S. The second-order valence-electron chi connectivity index (χ2n) is 5.97. The van der Waals surface area contributed by atoms with Crippen molar-refractivity contribution >= 4 is 15.7 Å². The molecule has 20 heavy (non-hydrogen) atoms. The number of fused-ring (bicyclic) bond motifs is 2. The molecule has 116 valence electrons. The molecule has 2 saturated carbocycles. The summed E-state index contributed by atoms with van der Waals surface area (Å²) in [6.45, 7) is 0.906. The van der Waals surface area contributed by atoms with E-state index in [1.54, 1.807) is 0 Å². The zero-order valence-electron chi connectivity index (χ0n) is 11.9. The fraction of sp³-hybridized carbons (Fsp3) is 0.923. The smallest absolute Gasteiger partial charge is 0.225 e. The minimum atomic E-state index is -2.98. The standard InChI is InChI=1S/C13H24N2O4S/c1-20(17,18)7-6-19-5-4-15-13(16)11-9-2-3-10(8-9)12(11)14/h9-12H,2-8,14H2,1H3,(H,15,16). The van der Waals surface area contributed by atoms with E-state index in [0.717, 1.165) is 19.3 Å². The van der Waals surface area contributed by atoms with Gasteiger partial charge in [-0.05, 0) is 31.1 Å². The third kappa shape index (κ3) is 3.93. The largest absolute Gasteiger partial charge is 0.379 e. The zero-order chi connectivity index (χ0) is 14.8. The molecule has 0 spiro atoms. The van der Waals surface area contributed by atoms with Crippen LogP contribution in [0.25, 0.3) is 0 Å². The van der Waals surface area contributed by atoms with Gasteiger partial charge in [-0.15, -0.1) is 0 Å². The third-order valence-corrected chi connectivity index (χ3v) is 5.34. The maximum atomic E-state index is 12.1. The minimum Gasteiger partial charge on any atom is -0.379 e. The van der Waals surface area contributed by atoms with Gasteiger partial charge in [-0.25, -0.2) is 8.42 Å². The predicted octanol–water partition coefficient (Wildman–Crippen LogP) is -0.463. The van der Waals surface area contributed by atoms with Crippen LogP contribution in [0.2, 0.25) is 0 Å². The molecule has 0 aliphatic heterocycles. The first-order valence-corrected chi connectivity index (χ1v) is 9.23. The van der Waals surface area contributed by atoms with E-state index in [-0.39, 0.29) is 30.2 Å². The van der Waals surface area contributed by atoms with Crippen molar-refractivity contribution in [2.75, 3.05) is 31.8 Å². The molecule has 0 saturated heterocycles. The fourth-order valence-corrected chi connectivity index (χ4v) is 3.82. The van der Waals surface area contributed by atoms with E-state index < -0.39 is 9.84 Å². The van der Waals surface area contributed by atoms with Crippen LogP contribution in [-0.2, 0) is 19.4 Å². The van der Waals surface area contributed by atoms with E-state index in [4.69, 9.17) is 10.5 Å². The molecule has 6 nitrogen and oxygen atoms in total.